The highest BCUT2D eigenvalue weighted by Gasteiger charge is 2.31. The fourth-order valence-electron chi connectivity index (χ4n) is 2.13. The lowest BCUT2D eigenvalue weighted by molar-refractivity contribution is -0.155. The Hall–Kier alpha value is -0.570. The molecular formula is C11H19NO2. The quantitative estimate of drug-likeness (QED) is 0.694. The minimum atomic E-state index is 0.0170. The third-order valence-corrected chi connectivity index (χ3v) is 3.48. The Morgan fingerprint density at radius 3 is 2.50 bits per heavy atom. The second-order valence-electron chi connectivity index (χ2n) is 4.55. The Kier molecular flexibility index (Phi) is 3.06. The average Bonchev–Trinajstić information content (AvgIpc) is 2.53. The van der Waals surface area contributed by atoms with Crippen LogP contribution < -0.4 is 5.32 Å². The molecule has 0 bridgehead atoms. The first-order chi connectivity index (χ1) is 6.77. The van der Waals surface area contributed by atoms with Crippen LogP contribution in [0.1, 0.15) is 32.6 Å². The Balaban J connectivity index is 1.75. The first-order valence-corrected chi connectivity index (χ1v) is 5.68. The van der Waals surface area contributed by atoms with E-state index in [4.69, 9.17) is 4.74 Å². The zero-order chi connectivity index (χ0) is 9.97. The Bertz CT molecular complexity index is 207. The van der Waals surface area contributed by atoms with E-state index in [1.165, 1.54) is 12.8 Å². The number of nitrogens with one attached hydrogen (secondary N) is 1. The molecule has 0 radical (unpaired) electrons. The minimum absolute atomic E-state index is 0.0170. The number of hydrogen-bond donors (Lipinski definition) is 1. The van der Waals surface area contributed by atoms with Gasteiger partial charge in [0.15, 0.2) is 0 Å². The van der Waals surface area contributed by atoms with E-state index in [1.54, 1.807) is 0 Å². The van der Waals surface area contributed by atoms with Crippen molar-refractivity contribution in [1.82, 2.24) is 5.32 Å². The summed E-state index contributed by atoms with van der Waals surface area (Å²) in [6.45, 7) is 3.94. The molecule has 3 heteroatoms. The van der Waals surface area contributed by atoms with Gasteiger partial charge in [0.1, 0.15) is 6.10 Å². The molecule has 14 heavy (non-hydrogen) atoms. The summed E-state index contributed by atoms with van der Waals surface area (Å²) in [6.07, 6.45) is 4.80. The van der Waals surface area contributed by atoms with Gasteiger partial charge in [-0.3, -0.25) is 4.79 Å². The Morgan fingerprint density at radius 1 is 1.36 bits per heavy atom. The Morgan fingerprint density at radius 2 is 2.00 bits per heavy atom. The van der Waals surface area contributed by atoms with Crippen LogP contribution in [0.3, 0.4) is 0 Å². The van der Waals surface area contributed by atoms with Crippen LogP contribution in [0.5, 0.6) is 0 Å². The van der Waals surface area contributed by atoms with Crippen LogP contribution in [-0.2, 0) is 9.53 Å². The first-order valence-electron chi connectivity index (χ1n) is 5.68. The molecule has 0 aromatic heterocycles. The highest BCUT2D eigenvalue weighted by molar-refractivity contribution is 5.72. The lowest BCUT2D eigenvalue weighted by Crippen LogP contribution is -2.48. The highest BCUT2D eigenvalue weighted by atomic mass is 16.5. The summed E-state index contributed by atoms with van der Waals surface area (Å²) in [4.78, 5) is 11.7. The molecule has 1 saturated heterocycles. The molecule has 1 unspecified atom stereocenters. The fourth-order valence-corrected chi connectivity index (χ4v) is 2.13. The summed E-state index contributed by atoms with van der Waals surface area (Å²) >= 11 is 0. The second kappa shape index (κ2) is 4.30. The maximum absolute atomic E-state index is 11.7. The third kappa shape index (κ3) is 2.08. The molecule has 2 aliphatic rings. The maximum atomic E-state index is 11.7. The average molecular weight is 197 g/mol. The molecule has 1 atom stereocenters. The van der Waals surface area contributed by atoms with E-state index in [0.29, 0.717) is 5.92 Å². The largest absolute Gasteiger partial charge is 0.462 e. The predicted molar refractivity (Wildman–Crippen MR) is 53.9 cm³/mol. The number of esters is 1. The molecule has 0 aromatic rings. The van der Waals surface area contributed by atoms with Crippen molar-refractivity contribution in [3.63, 3.8) is 0 Å². The third-order valence-electron chi connectivity index (χ3n) is 3.48. The summed E-state index contributed by atoms with van der Waals surface area (Å²) in [5, 5.41) is 3.18. The maximum Gasteiger partial charge on any atom is 0.309 e. The molecule has 1 saturated carbocycles. The number of rotatable bonds is 3. The molecule has 1 aliphatic heterocycles. The van der Waals surface area contributed by atoms with Crippen LogP contribution in [0.2, 0.25) is 0 Å². The fraction of sp³-hybridized carbons (Fsp3) is 0.909. The SMILES string of the molecule is CC(C(=O)OC1CCCC1)C1CNC1. The molecule has 2 fully saturated rings. The van der Waals surface area contributed by atoms with Gasteiger partial charge in [-0.1, -0.05) is 6.92 Å². The van der Waals surface area contributed by atoms with Crippen molar-refractivity contribution in [2.45, 2.75) is 38.7 Å². The van der Waals surface area contributed by atoms with E-state index in [1.807, 2.05) is 6.92 Å². The zero-order valence-electron chi connectivity index (χ0n) is 8.79. The monoisotopic (exact) mass is 197 g/mol. The van der Waals surface area contributed by atoms with Gasteiger partial charge >= 0.3 is 5.97 Å². The molecule has 1 N–H and O–H groups in total. The molecule has 80 valence electrons. The number of carbonyl (C=O) groups is 1. The standard InChI is InChI=1S/C11H19NO2/c1-8(9-6-12-7-9)11(13)14-10-4-2-3-5-10/h8-10,12H,2-7H2,1H3. The van der Waals surface area contributed by atoms with E-state index in [0.717, 1.165) is 25.9 Å². The number of ether oxygens (including phenoxy) is 1. The van der Waals surface area contributed by atoms with Crippen molar-refractivity contribution in [2.24, 2.45) is 11.8 Å². The molecule has 0 amide bonds. The van der Waals surface area contributed by atoms with Crippen LogP contribution in [-0.4, -0.2) is 25.2 Å². The molecule has 3 nitrogen and oxygen atoms in total. The summed E-state index contributed by atoms with van der Waals surface area (Å²) in [7, 11) is 0. The van der Waals surface area contributed by atoms with Crippen LogP contribution in [0, 0.1) is 11.8 Å². The van der Waals surface area contributed by atoms with Crippen molar-refractivity contribution in [2.75, 3.05) is 13.1 Å². The lowest BCUT2D eigenvalue weighted by Gasteiger charge is -2.31. The minimum Gasteiger partial charge on any atom is -0.462 e. The van der Waals surface area contributed by atoms with Crippen molar-refractivity contribution >= 4 is 5.97 Å². The normalized spacial score (nSPS) is 25.8. The van der Waals surface area contributed by atoms with Crippen molar-refractivity contribution in [3.05, 3.63) is 0 Å². The first kappa shape index (κ1) is 9.97. The second-order valence-corrected chi connectivity index (χ2v) is 4.55. The van der Waals surface area contributed by atoms with E-state index in [2.05, 4.69) is 5.32 Å². The van der Waals surface area contributed by atoms with Gasteiger partial charge in [0.25, 0.3) is 0 Å². The Labute approximate surface area is 85.2 Å². The van der Waals surface area contributed by atoms with Crippen LogP contribution >= 0.6 is 0 Å². The van der Waals surface area contributed by atoms with Gasteiger partial charge in [-0.05, 0) is 44.7 Å². The van der Waals surface area contributed by atoms with Gasteiger partial charge in [-0.2, -0.15) is 0 Å². The van der Waals surface area contributed by atoms with E-state index < -0.39 is 0 Å². The molecule has 1 aliphatic carbocycles. The van der Waals surface area contributed by atoms with Crippen molar-refractivity contribution in [3.8, 4) is 0 Å². The molecular weight excluding hydrogens is 178 g/mol. The van der Waals surface area contributed by atoms with Gasteiger partial charge in [-0.15, -0.1) is 0 Å². The molecule has 1 heterocycles. The van der Waals surface area contributed by atoms with Crippen molar-refractivity contribution in [1.29, 1.82) is 0 Å². The smallest absolute Gasteiger partial charge is 0.309 e. The number of hydrogen-bond acceptors (Lipinski definition) is 3. The molecule has 0 spiro atoms. The van der Waals surface area contributed by atoms with E-state index in [9.17, 15) is 4.79 Å². The predicted octanol–water partition coefficient (Wildman–Crippen LogP) is 1.33. The van der Waals surface area contributed by atoms with Gasteiger partial charge in [-0.25, -0.2) is 0 Å². The topological polar surface area (TPSA) is 38.3 Å². The summed E-state index contributed by atoms with van der Waals surface area (Å²) in [5.41, 5.74) is 0. The molecule has 0 aromatic carbocycles. The summed E-state index contributed by atoms with van der Waals surface area (Å²) in [5.74, 6) is 0.601. The van der Waals surface area contributed by atoms with Gasteiger partial charge in [0.2, 0.25) is 0 Å². The van der Waals surface area contributed by atoms with Gasteiger partial charge < -0.3 is 10.1 Å². The van der Waals surface area contributed by atoms with Crippen LogP contribution in [0.4, 0.5) is 0 Å². The highest BCUT2D eigenvalue weighted by Crippen LogP contribution is 2.24. The summed E-state index contributed by atoms with van der Waals surface area (Å²) in [6, 6.07) is 0. The van der Waals surface area contributed by atoms with Gasteiger partial charge in [0, 0.05) is 0 Å². The van der Waals surface area contributed by atoms with Gasteiger partial charge in [0.05, 0.1) is 5.92 Å². The van der Waals surface area contributed by atoms with Crippen LogP contribution in [0.25, 0.3) is 0 Å². The molecule has 2 rings (SSSR count). The lowest BCUT2D eigenvalue weighted by atomic mass is 9.89. The van der Waals surface area contributed by atoms with E-state index >= 15 is 0 Å². The van der Waals surface area contributed by atoms with Crippen molar-refractivity contribution < 1.29 is 9.53 Å². The summed E-state index contributed by atoms with van der Waals surface area (Å²) < 4.78 is 5.46. The number of carbonyl (C=O) groups excluding carboxylic acids is 1. The zero-order valence-corrected chi connectivity index (χ0v) is 8.79. The van der Waals surface area contributed by atoms with Crippen LogP contribution in [0.15, 0.2) is 0 Å². The van der Waals surface area contributed by atoms with E-state index in [-0.39, 0.29) is 18.0 Å².